The van der Waals surface area contributed by atoms with Crippen LogP contribution in [0.1, 0.15) is 19.3 Å². The quantitative estimate of drug-likeness (QED) is 0.464. The molecule has 1 heterocycles. The number of halogens is 1. The van der Waals surface area contributed by atoms with Crippen LogP contribution in [0.3, 0.4) is 0 Å². The van der Waals surface area contributed by atoms with E-state index >= 15 is 0 Å². The van der Waals surface area contributed by atoms with Crippen molar-refractivity contribution in [3.8, 4) is 0 Å². The Balaban J connectivity index is 2.66. The molecule has 5 heteroatoms. The smallest absolute Gasteiger partial charge is 0.237 e. The first kappa shape index (κ1) is 9.19. The van der Waals surface area contributed by atoms with Gasteiger partial charge in [-0.3, -0.25) is 14.4 Å². The first-order chi connectivity index (χ1) is 5.66. The Hall–Kier alpha value is -0.900. The summed E-state index contributed by atoms with van der Waals surface area (Å²) in [7, 11) is 0. The fourth-order valence-electron chi connectivity index (χ4n) is 1.05. The molecule has 3 amide bonds. The van der Waals surface area contributed by atoms with Crippen molar-refractivity contribution in [3.63, 3.8) is 0 Å². The van der Waals surface area contributed by atoms with E-state index in [9.17, 15) is 14.4 Å². The van der Waals surface area contributed by atoms with E-state index in [4.69, 9.17) is 11.6 Å². The molecule has 1 saturated heterocycles. The second-order valence-corrected chi connectivity index (χ2v) is 2.83. The molecule has 1 aliphatic heterocycles. The average Bonchev–Trinajstić information content (AvgIpc) is 2.32. The molecule has 0 atom stereocenters. The summed E-state index contributed by atoms with van der Waals surface area (Å²) in [5.41, 5.74) is 0. The lowest BCUT2D eigenvalue weighted by molar-refractivity contribution is -0.149. The summed E-state index contributed by atoms with van der Waals surface area (Å²) >= 11 is 5.30. The number of amides is 3. The normalized spacial score (nSPS) is 17.2. The molecule has 0 aromatic carbocycles. The highest BCUT2D eigenvalue weighted by Gasteiger charge is 2.33. The Bertz CT molecular complexity index is 223. The molecule has 12 heavy (non-hydrogen) atoms. The minimum Gasteiger partial charge on any atom is -0.274 e. The molecule has 1 aliphatic rings. The first-order valence-electron chi connectivity index (χ1n) is 3.61. The lowest BCUT2D eigenvalue weighted by Crippen LogP contribution is -2.35. The van der Waals surface area contributed by atoms with Crippen LogP contribution in [0.2, 0.25) is 0 Å². The van der Waals surface area contributed by atoms with E-state index in [1.807, 2.05) is 0 Å². The molecule has 0 radical (unpaired) electrons. The molecule has 0 aliphatic carbocycles. The van der Waals surface area contributed by atoms with Gasteiger partial charge in [-0.25, -0.2) is 4.90 Å². The lowest BCUT2D eigenvalue weighted by atomic mass is 10.4. The van der Waals surface area contributed by atoms with Crippen LogP contribution in [-0.4, -0.2) is 28.5 Å². The Morgan fingerprint density at radius 3 is 2.25 bits per heavy atom. The number of carbonyl (C=O) groups excluding carboxylic acids is 3. The number of hydrogen-bond donors (Lipinski definition) is 0. The highest BCUT2D eigenvalue weighted by Crippen LogP contribution is 2.12. The zero-order chi connectivity index (χ0) is 9.14. The van der Waals surface area contributed by atoms with Gasteiger partial charge in [0.2, 0.25) is 17.7 Å². The van der Waals surface area contributed by atoms with Gasteiger partial charge in [-0.2, -0.15) is 0 Å². The fourth-order valence-corrected chi connectivity index (χ4v) is 1.21. The third kappa shape index (κ3) is 1.64. The minimum atomic E-state index is -0.488. The molecule has 4 nitrogen and oxygen atoms in total. The second-order valence-electron chi connectivity index (χ2n) is 2.46. The molecule has 1 rings (SSSR count). The van der Waals surface area contributed by atoms with Crippen molar-refractivity contribution in [1.29, 1.82) is 0 Å². The van der Waals surface area contributed by atoms with Gasteiger partial charge >= 0.3 is 0 Å². The van der Waals surface area contributed by atoms with Crippen LogP contribution in [0.25, 0.3) is 0 Å². The predicted octanol–water partition coefficient (Wildman–Crippen LogP) is 0.291. The Labute approximate surface area is 74.5 Å². The molecule has 0 unspecified atom stereocenters. The van der Waals surface area contributed by atoms with E-state index in [-0.39, 0.29) is 25.1 Å². The van der Waals surface area contributed by atoms with Crippen LogP contribution in [-0.2, 0) is 14.4 Å². The zero-order valence-electron chi connectivity index (χ0n) is 6.38. The fraction of sp³-hybridized carbons (Fsp3) is 0.571. The van der Waals surface area contributed by atoms with Gasteiger partial charge in [-0.15, -0.1) is 11.6 Å². The highest BCUT2D eigenvalue weighted by atomic mass is 35.5. The van der Waals surface area contributed by atoms with E-state index < -0.39 is 17.7 Å². The molecular formula is C7H8ClNO3. The van der Waals surface area contributed by atoms with Gasteiger partial charge in [-0.1, -0.05) is 0 Å². The van der Waals surface area contributed by atoms with E-state index in [0.717, 1.165) is 0 Å². The Kier molecular flexibility index (Phi) is 2.81. The van der Waals surface area contributed by atoms with Crippen molar-refractivity contribution in [3.05, 3.63) is 0 Å². The Morgan fingerprint density at radius 1 is 1.33 bits per heavy atom. The van der Waals surface area contributed by atoms with Crippen LogP contribution in [0.4, 0.5) is 0 Å². The van der Waals surface area contributed by atoms with Gasteiger partial charge in [0.15, 0.2) is 0 Å². The van der Waals surface area contributed by atoms with Gasteiger partial charge in [0.1, 0.15) is 0 Å². The maximum absolute atomic E-state index is 11.1. The summed E-state index contributed by atoms with van der Waals surface area (Å²) in [6, 6.07) is 0. The summed E-state index contributed by atoms with van der Waals surface area (Å²) in [4.78, 5) is 33.6. The third-order valence-corrected chi connectivity index (χ3v) is 1.80. The molecule has 0 aromatic heterocycles. The summed E-state index contributed by atoms with van der Waals surface area (Å²) in [6.45, 7) is 0. The predicted molar refractivity (Wildman–Crippen MR) is 41.4 cm³/mol. The van der Waals surface area contributed by atoms with Crippen molar-refractivity contribution in [1.82, 2.24) is 4.90 Å². The van der Waals surface area contributed by atoms with Crippen molar-refractivity contribution < 1.29 is 14.4 Å². The molecule has 0 aromatic rings. The molecular weight excluding hydrogens is 182 g/mol. The van der Waals surface area contributed by atoms with Crippen LogP contribution in [0.15, 0.2) is 0 Å². The van der Waals surface area contributed by atoms with Crippen molar-refractivity contribution >= 4 is 29.3 Å². The summed E-state index contributed by atoms with van der Waals surface area (Å²) < 4.78 is 0. The lowest BCUT2D eigenvalue weighted by Gasteiger charge is -2.09. The van der Waals surface area contributed by atoms with Crippen molar-refractivity contribution in [2.24, 2.45) is 0 Å². The van der Waals surface area contributed by atoms with Gasteiger partial charge in [0.25, 0.3) is 0 Å². The number of nitrogens with zero attached hydrogens (tertiary/aromatic N) is 1. The van der Waals surface area contributed by atoms with Gasteiger partial charge in [0.05, 0.1) is 0 Å². The summed E-state index contributed by atoms with van der Waals surface area (Å²) in [6.07, 6.45) is 0.332. The number of imide groups is 3. The number of likely N-dealkylation sites (tertiary alicyclic amines) is 1. The topological polar surface area (TPSA) is 54.5 Å². The van der Waals surface area contributed by atoms with E-state index in [2.05, 4.69) is 0 Å². The maximum Gasteiger partial charge on any atom is 0.237 e. The third-order valence-electron chi connectivity index (χ3n) is 1.61. The van der Waals surface area contributed by atoms with Gasteiger partial charge < -0.3 is 0 Å². The van der Waals surface area contributed by atoms with Crippen molar-refractivity contribution in [2.45, 2.75) is 19.3 Å². The molecule has 0 N–H and O–H groups in total. The second kappa shape index (κ2) is 3.67. The number of alkyl halides is 1. The monoisotopic (exact) mass is 189 g/mol. The first-order valence-corrected chi connectivity index (χ1v) is 4.15. The van der Waals surface area contributed by atoms with Crippen molar-refractivity contribution in [2.75, 3.05) is 5.88 Å². The van der Waals surface area contributed by atoms with Crippen LogP contribution >= 0.6 is 11.6 Å². The minimum absolute atomic E-state index is 0.0407. The molecule has 0 saturated carbocycles. The summed E-state index contributed by atoms with van der Waals surface area (Å²) in [5.74, 6) is -1.17. The number of carbonyl (C=O) groups is 3. The van der Waals surface area contributed by atoms with E-state index in [0.29, 0.717) is 4.90 Å². The van der Waals surface area contributed by atoms with Crippen LogP contribution in [0, 0.1) is 0 Å². The van der Waals surface area contributed by atoms with Gasteiger partial charge in [0, 0.05) is 25.1 Å². The number of hydrogen-bond acceptors (Lipinski definition) is 3. The maximum atomic E-state index is 11.1. The van der Waals surface area contributed by atoms with Crippen LogP contribution in [0.5, 0.6) is 0 Å². The average molecular weight is 190 g/mol. The SMILES string of the molecule is O=C(CCCl)N1C(=O)CCC1=O. The zero-order valence-corrected chi connectivity index (χ0v) is 7.13. The molecule has 1 fully saturated rings. The van der Waals surface area contributed by atoms with Gasteiger partial charge in [-0.05, 0) is 0 Å². The van der Waals surface area contributed by atoms with E-state index in [1.165, 1.54) is 0 Å². The molecule has 0 bridgehead atoms. The van der Waals surface area contributed by atoms with E-state index in [1.54, 1.807) is 0 Å². The Morgan fingerprint density at radius 2 is 1.83 bits per heavy atom. The standard InChI is InChI=1S/C7H8ClNO3/c8-4-3-7(12)9-5(10)1-2-6(9)11/h1-4H2. The largest absolute Gasteiger partial charge is 0.274 e. The molecule has 0 spiro atoms. The number of rotatable bonds is 2. The van der Waals surface area contributed by atoms with Crippen LogP contribution < -0.4 is 0 Å². The highest BCUT2D eigenvalue weighted by molar-refractivity contribution is 6.20. The molecule has 66 valence electrons. The summed E-state index contributed by atoms with van der Waals surface area (Å²) in [5, 5.41) is 0.